The number of aliphatic hydroxyl groups excluding tert-OH is 1. The molecule has 17 heavy (non-hydrogen) atoms. The van der Waals surface area contributed by atoms with E-state index in [1.807, 2.05) is 0 Å². The van der Waals surface area contributed by atoms with Gasteiger partial charge in [0.2, 0.25) is 0 Å². The van der Waals surface area contributed by atoms with Gasteiger partial charge >= 0.3 is 0 Å². The van der Waals surface area contributed by atoms with Crippen molar-refractivity contribution in [3.8, 4) is 0 Å². The Hall–Kier alpha value is -0.600. The molecule has 0 spiro atoms. The van der Waals surface area contributed by atoms with E-state index in [4.69, 9.17) is 11.6 Å². The summed E-state index contributed by atoms with van der Waals surface area (Å²) in [7, 11) is 0. The van der Waals surface area contributed by atoms with Gasteiger partial charge in [0.25, 0.3) is 0 Å². The summed E-state index contributed by atoms with van der Waals surface area (Å²) in [5.74, 6) is 1.25. The fourth-order valence-corrected chi connectivity index (χ4v) is 3.62. The first-order valence-electron chi connectivity index (χ1n) is 6.17. The minimum atomic E-state index is -0.317. The summed E-state index contributed by atoms with van der Waals surface area (Å²) >= 11 is 5.79. The van der Waals surface area contributed by atoms with Crippen molar-refractivity contribution in [2.45, 2.75) is 25.7 Å². The van der Waals surface area contributed by atoms with E-state index in [1.165, 1.54) is 6.42 Å². The predicted molar refractivity (Wildman–Crippen MR) is 65.5 cm³/mol. The van der Waals surface area contributed by atoms with E-state index in [9.17, 15) is 9.50 Å². The Bertz CT molecular complexity index is 436. The van der Waals surface area contributed by atoms with E-state index in [-0.39, 0.29) is 22.9 Å². The van der Waals surface area contributed by atoms with Crippen molar-refractivity contribution >= 4 is 11.6 Å². The van der Waals surface area contributed by atoms with Crippen molar-refractivity contribution in [2.75, 3.05) is 6.61 Å². The van der Waals surface area contributed by atoms with E-state index in [0.717, 1.165) is 24.7 Å². The number of halogens is 2. The van der Waals surface area contributed by atoms with Crippen LogP contribution >= 0.6 is 11.6 Å². The molecule has 0 saturated heterocycles. The maximum absolute atomic E-state index is 13.9. The summed E-state index contributed by atoms with van der Waals surface area (Å²) in [6, 6.07) is 5.13. The SMILES string of the molecule is OCC1(Cc2cccc(Cl)c2F)CC2CC2C1. The van der Waals surface area contributed by atoms with Crippen LogP contribution in [0.2, 0.25) is 5.02 Å². The fourth-order valence-electron chi connectivity index (χ4n) is 3.42. The molecular weight excluding hydrogens is 239 g/mol. The highest BCUT2D eigenvalue weighted by Gasteiger charge is 2.53. The Balaban J connectivity index is 1.83. The van der Waals surface area contributed by atoms with Crippen LogP contribution in [-0.4, -0.2) is 11.7 Å². The Morgan fingerprint density at radius 3 is 2.71 bits per heavy atom. The highest BCUT2D eigenvalue weighted by Crippen LogP contribution is 2.60. The molecule has 0 radical (unpaired) electrons. The molecule has 2 aliphatic carbocycles. The number of rotatable bonds is 3. The van der Waals surface area contributed by atoms with Gasteiger partial charge in [0, 0.05) is 6.61 Å². The normalized spacial score (nSPS) is 34.8. The zero-order valence-electron chi connectivity index (χ0n) is 9.63. The van der Waals surface area contributed by atoms with Gasteiger partial charge in [-0.1, -0.05) is 23.7 Å². The monoisotopic (exact) mass is 254 g/mol. The highest BCUT2D eigenvalue weighted by atomic mass is 35.5. The molecule has 2 atom stereocenters. The lowest BCUT2D eigenvalue weighted by Crippen LogP contribution is -2.26. The number of benzene rings is 1. The first-order valence-corrected chi connectivity index (χ1v) is 6.55. The van der Waals surface area contributed by atoms with E-state index >= 15 is 0 Å². The van der Waals surface area contributed by atoms with Crippen LogP contribution in [0.1, 0.15) is 24.8 Å². The van der Waals surface area contributed by atoms with Crippen molar-refractivity contribution in [1.82, 2.24) is 0 Å². The Labute approximate surface area is 106 Å². The number of hydrogen-bond donors (Lipinski definition) is 1. The molecule has 0 aliphatic heterocycles. The second-order valence-electron chi connectivity index (χ2n) is 5.71. The molecule has 0 heterocycles. The zero-order valence-corrected chi connectivity index (χ0v) is 10.4. The molecular formula is C14H16ClFO. The predicted octanol–water partition coefficient (Wildman–Crippen LogP) is 3.43. The third-order valence-corrected chi connectivity index (χ3v) is 4.68. The van der Waals surface area contributed by atoms with Crippen LogP contribution < -0.4 is 0 Å². The molecule has 2 fully saturated rings. The van der Waals surface area contributed by atoms with Gasteiger partial charge in [-0.2, -0.15) is 0 Å². The summed E-state index contributed by atoms with van der Waals surface area (Å²) in [5.41, 5.74) is 0.548. The van der Waals surface area contributed by atoms with Gasteiger partial charge in [0.05, 0.1) is 5.02 Å². The van der Waals surface area contributed by atoms with Crippen molar-refractivity contribution in [1.29, 1.82) is 0 Å². The van der Waals surface area contributed by atoms with Crippen molar-refractivity contribution in [3.05, 3.63) is 34.6 Å². The second-order valence-corrected chi connectivity index (χ2v) is 6.12. The lowest BCUT2D eigenvalue weighted by Gasteiger charge is -2.29. The van der Waals surface area contributed by atoms with E-state index in [1.54, 1.807) is 18.2 Å². The van der Waals surface area contributed by atoms with Crippen LogP contribution in [-0.2, 0) is 6.42 Å². The summed E-state index contributed by atoms with van der Waals surface area (Å²) in [6.07, 6.45) is 4.00. The molecule has 1 aromatic rings. The molecule has 2 unspecified atom stereocenters. The summed E-state index contributed by atoms with van der Waals surface area (Å²) < 4.78 is 13.9. The molecule has 3 rings (SSSR count). The Morgan fingerprint density at radius 1 is 1.35 bits per heavy atom. The topological polar surface area (TPSA) is 20.2 Å². The van der Waals surface area contributed by atoms with Gasteiger partial charge in [-0.05, 0) is 54.6 Å². The molecule has 2 saturated carbocycles. The van der Waals surface area contributed by atoms with Crippen LogP contribution in [0.25, 0.3) is 0 Å². The smallest absolute Gasteiger partial charge is 0.144 e. The third kappa shape index (κ3) is 1.98. The summed E-state index contributed by atoms with van der Waals surface area (Å²) in [4.78, 5) is 0. The minimum Gasteiger partial charge on any atom is -0.396 e. The lowest BCUT2D eigenvalue weighted by atomic mass is 9.78. The highest BCUT2D eigenvalue weighted by molar-refractivity contribution is 6.30. The fraction of sp³-hybridized carbons (Fsp3) is 0.571. The first-order chi connectivity index (χ1) is 8.13. The largest absolute Gasteiger partial charge is 0.396 e. The molecule has 0 amide bonds. The Morgan fingerprint density at radius 2 is 2.06 bits per heavy atom. The van der Waals surface area contributed by atoms with Gasteiger partial charge in [0.1, 0.15) is 5.82 Å². The molecule has 2 aliphatic rings. The van der Waals surface area contributed by atoms with Gasteiger partial charge in [-0.3, -0.25) is 0 Å². The van der Waals surface area contributed by atoms with Gasteiger partial charge < -0.3 is 5.11 Å². The zero-order chi connectivity index (χ0) is 12.0. The van der Waals surface area contributed by atoms with Crippen molar-refractivity contribution < 1.29 is 9.50 Å². The Kier molecular flexibility index (Phi) is 2.68. The molecule has 1 aromatic carbocycles. The van der Waals surface area contributed by atoms with Crippen LogP contribution in [0.5, 0.6) is 0 Å². The van der Waals surface area contributed by atoms with Crippen LogP contribution in [0.15, 0.2) is 18.2 Å². The maximum atomic E-state index is 13.9. The lowest BCUT2D eigenvalue weighted by molar-refractivity contribution is 0.116. The van der Waals surface area contributed by atoms with E-state index in [2.05, 4.69) is 0 Å². The molecule has 1 nitrogen and oxygen atoms in total. The van der Waals surface area contributed by atoms with E-state index in [0.29, 0.717) is 12.0 Å². The number of aliphatic hydroxyl groups is 1. The van der Waals surface area contributed by atoms with Crippen molar-refractivity contribution in [2.24, 2.45) is 17.3 Å². The van der Waals surface area contributed by atoms with Gasteiger partial charge in [-0.15, -0.1) is 0 Å². The average molecular weight is 255 g/mol. The molecule has 1 N–H and O–H groups in total. The molecule has 92 valence electrons. The van der Waals surface area contributed by atoms with Crippen LogP contribution in [0.3, 0.4) is 0 Å². The molecule has 0 aromatic heterocycles. The maximum Gasteiger partial charge on any atom is 0.144 e. The van der Waals surface area contributed by atoms with E-state index < -0.39 is 0 Å². The quantitative estimate of drug-likeness (QED) is 0.876. The van der Waals surface area contributed by atoms with Crippen LogP contribution in [0.4, 0.5) is 4.39 Å². The average Bonchev–Trinajstić information content (AvgIpc) is 2.94. The standard InChI is InChI=1S/C14H16ClFO/c15-12-3-1-2-9(13(12)16)5-14(8-17)6-10-4-11(10)7-14/h1-3,10-11,17H,4-8H2. The second kappa shape index (κ2) is 3.96. The molecule has 3 heteroatoms. The third-order valence-electron chi connectivity index (χ3n) is 4.39. The van der Waals surface area contributed by atoms with Crippen LogP contribution in [0, 0.1) is 23.1 Å². The van der Waals surface area contributed by atoms with Crippen molar-refractivity contribution in [3.63, 3.8) is 0 Å². The summed E-state index contributed by atoms with van der Waals surface area (Å²) in [6.45, 7) is 0.159. The molecule has 0 bridgehead atoms. The first kappa shape index (κ1) is 11.5. The minimum absolute atomic E-state index is 0.0981. The van der Waals surface area contributed by atoms with Gasteiger partial charge in [-0.25, -0.2) is 4.39 Å². The summed E-state index contributed by atoms with van der Waals surface area (Å²) in [5, 5.41) is 9.80. The number of hydrogen-bond acceptors (Lipinski definition) is 1. The van der Waals surface area contributed by atoms with Gasteiger partial charge in [0.15, 0.2) is 0 Å². The number of fused-ring (bicyclic) bond motifs is 1.